The number of hydrogen-bond acceptors (Lipinski definition) is 7. The number of fused-ring (bicyclic) bond motifs is 2. The Bertz CT molecular complexity index is 1970. The first-order valence-electron chi connectivity index (χ1n) is 14.4. The van der Waals surface area contributed by atoms with Crippen LogP contribution < -0.4 is 11.1 Å². The van der Waals surface area contributed by atoms with Crippen molar-refractivity contribution < 1.29 is 9.90 Å². The minimum atomic E-state index is 0.0241. The third kappa shape index (κ3) is 5.02. The monoisotopic (exact) mass is 566 g/mol. The number of anilines is 1. The number of pyridine rings is 2. The summed E-state index contributed by atoms with van der Waals surface area (Å²) in [6, 6.07) is 30.0. The number of nitrogens with zero attached hydrogens (tertiary/aromatic N) is 4. The molecule has 1 aliphatic rings. The van der Waals surface area contributed by atoms with Gasteiger partial charge in [-0.05, 0) is 91.0 Å². The number of nitrogens with two attached hydrogens (primary N) is 1. The summed E-state index contributed by atoms with van der Waals surface area (Å²) in [5.41, 5.74) is 15.4. The Balaban J connectivity index is 1.22. The van der Waals surface area contributed by atoms with Crippen LogP contribution in [0, 0.1) is 0 Å². The van der Waals surface area contributed by atoms with Gasteiger partial charge in [0.25, 0.3) is 0 Å². The summed E-state index contributed by atoms with van der Waals surface area (Å²) in [5.74, 6) is 1.15. The molecule has 1 aliphatic carbocycles. The molecule has 6 aromatic rings. The first kappa shape index (κ1) is 26.6. The number of nitrogen functional groups attached to an aromatic ring is 1. The summed E-state index contributed by atoms with van der Waals surface area (Å²) in [6.07, 6.45) is 5.06. The predicted molar refractivity (Wildman–Crippen MR) is 168 cm³/mol. The highest BCUT2D eigenvalue weighted by atomic mass is 16.3. The van der Waals surface area contributed by atoms with E-state index in [-0.39, 0.29) is 11.8 Å². The van der Waals surface area contributed by atoms with E-state index in [4.69, 9.17) is 15.7 Å². The fourth-order valence-corrected chi connectivity index (χ4v) is 5.95. The highest BCUT2D eigenvalue weighted by Crippen LogP contribution is 2.36. The molecule has 8 heteroatoms. The number of nitrogens with one attached hydrogen (secondary N) is 1. The number of carbonyl (C=O) groups is 1. The SMILES string of the molecule is Nc1ncccc1-c1nc2ccc(-c3ccccc3)nc2n1-c1ccc2c(c1)CCC2NCCc1ccc(C=O)c(O)c1. The maximum Gasteiger partial charge on any atom is 0.165 e. The van der Waals surface area contributed by atoms with Crippen LogP contribution >= 0.6 is 0 Å². The lowest BCUT2D eigenvalue weighted by Crippen LogP contribution is -2.22. The third-order valence-corrected chi connectivity index (χ3v) is 8.14. The molecule has 3 aromatic heterocycles. The van der Waals surface area contributed by atoms with Gasteiger partial charge in [0.2, 0.25) is 0 Å². The molecule has 0 radical (unpaired) electrons. The second kappa shape index (κ2) is 11.2. The molecule has 0 saturated carbocycles. The average Bonchev–Trinajstić information content (AvgIpc) is 3.62. The second-order valence-corrected chi connectivity index (χ2v) is 10.8. The quantitative estimate of drug-likeness (QED) is 0.191. The molecule has 8 nitrogen and oxygen atoms in total. The zero-order chi connectivity index (χ0) is 29.3. The Hall–Kier alpha value is -5.34. The summed E-state index contributed by atoms with van der Waals surface area (Å²) >= 11 is 0. The Morgan fingerprint density at radius 2 is 1.86 bits per heavy atom. The van der Waals surface area contributed by atoms with Crippen LogP contribution in [0.3, 0.4) is 0 Å². The molecule has 0 bridgehead atoms. The van der Waals surface area contributed by atoms with Crippen molar-refractivity contribution in [3.8, 4) is 34.1 Å². The molecular weight excluding hydrogens is 536 g/mol. The number of benzene rings is 3. The largest absolute Gasteiger partial charge is 0.507 e. The molecule has 0 spiro atoms. The third-order valence-electron chi connectivity index (χ3n) is 8.14. The summed E-state index contributed by atoms with van der Waals surface area (Å²) in [5, 5.41) is 13.7. The van der Waals surface area contributed by atoms with Crippen molar-refractivity contribution in [1.29, 1.82) is 0 Å². The van der Waals surface area contributed by atoms with Crippen molar-refractivity contribution in [2.75, 3.05) is 12.3 Å². The predicted octanol–water partition coefficient (Wildman–Crippen LogP) is 6.07. The van der Waals surface area contributed by atoms with Crippen molar-refractivity contribution in [2.24, 2.45) is 0 Å². The minimum Gasteiger partial charge on any atom is -0.507 e. The molecule has 1 unspecified atom stereocenters. The molecule has 4 N–H and O–H groups in total. The molecular formula is C35H30N6O2. The van der Waals surface area contributed by atoms with Crippen LogP contribution in [0.1, 0.15) is 39.5 Å². The molecule has 0 saturated heterocycles. The Morgan fingerprint density at radius 1 is 0.977 bits per heavy atom. The van der Waals surface area contributed by atoms with Gasteiger partial charge in [0, 0.05) is 23.5 Å². The van der Waals surface area contributed by atoms with Crippen molar-refractivity contribution in [1.82, 2.24) is 24.8 Å². The Labute approximate surface area is 248 Å². The van der Waals surface area contributed by atoms with E-state index >= 15 is 0 Å². The van der Waals surface area contributed by atoms with Gasteiger partial charge in [-0.2, -0.15) is 0 Å². The van der Waals surface area contributed by atoms with Crippen LogP contribution in [-0.2, 0) is 12.8 Å². The van der Waals surface area contributed by atoms with Gasteiger partial charge in [-0.15, -0.1) is 0 Å². The van der Waals surface area contributed by atoms with Crippen LogP contribution in [0.25, 0.3) is 39.5 Å². The van der Waals surface area contributed by atoms with E-state index in [1.54, 1.807) is 18.3 Å². The topological polar surface area (TPSA) is 119 Å². The highest BCUT2D eigenvalue weighted by Gasteiger charge is 2.24. The highest BCUT2D eigenvalue weighted by molar-refractivity contribution is 5.84. The first-order valence-corrected chi connectivity index (χ1v) is 14.4. The van der Waals surface area contributed by atoms with Gasteiger partial charge < -0.3 is 16.2 Å². The van der Waals surface area contributed by atoms with E-state index < -0.39 is 0 Å². The Morgan fingerprint density at radius 3 is 2.67 bits per heavy atom. The number of aldehydes is 1. The van der Waals surface area contributed by atoms with Gasteiger partial charge in [-0.25, -0.2) is 15.0 Å². The number of carbonyl (C=O) groups excluding carboxylic acids is 1. The summed E-state index contributed by atoms with van der Waals surface area (Å²) in [6.45, 7) is 0.758. The standard InChI is InChI=1S/C35H30N6O2/c36-33-28(7-4-17-38-33)34-40-31-15-14-29(23-5-2-1-3-6-23)39-35(31)41(34)26-11-12-27-24(20-26)10-13-30(27)37-18-16-22-8-9-25(21-42)32(43)19-22/h1-9,11-12,14-15,17,19-21,30,37,43H,10,13,16,18H2,(H2,36,38). The molecule has 43 heavy (non-hydrogen) atoms. The fourth-order valence-electron chi connectivity index (χ4n) is 5.95. The number of aromatic hydroxyl groups is 1. The molecule has 0 amide bonds. The number of phenols is 1. The first-order chi connectivity index (χ1) is 21.1. The van der Waals surface area contributed by atoms with Crippen LogP contribution in [-0.4, -0.2) is 37.5 Å². The number of imidazole rings is 1. The minimum absolute atomic E-state index is 0.0241. The smallest absolute Gasteiger partial charge is 0.165 e. The molecule has 7 rings (SSSR count). The van der Waals surface area contributed by atoms with Crippen molar-refractivity contribution in [3.05, 3.63) is 119 Å². The van der Waals surface area contributed by atoms with Crippen LogP contribution in [0.15, 0.2) is 97.2 Å². The fraction of sp³-hybridized carbons (Fsp3) is 0.143. The van der Waals surface area contributed by atoms with Crippen molar-refractivity contribution in [2.45, 2.75) is 25.3 Å². The van der Waals surface area contributed by atoms with Gasteiger partial charge >= 0.3 is 0 Å². The van der Waals surface area contributed by atoms with E-state index in [2.05, 4.69) is 45.2 Å². The van der Waals surface area contributed by atoms with Crippen LogP contribution in [0.2, 0.25) is 0 Å². The molecule has 0 aliphatic heterocycles. The molecule has 1 atom stereocenters. The maximum absolute atomic E-state index is 11.0. The van der Waals surface area contributed by atoms with Gasteiger partial charge in [0.1, 0.15) is 17.1 Å². The summed E-state index contributed by atoms with van der Waals surface area (Å²) < 4.78 is 2.09. The van der Waals surface area contributed by atoms with Gasteiger partial charge in [-0.3, -0.25) is 9.36 Å². The lowest BCUT2D eigenvalue weighted by Gasteiger charge is -2.16. The summed E-state index contributed by atoms with van der Waals surface area (Å²) in [7, 11) is 0. The van der Waals surface area contributed by atoms with Gasteiger partial charge in [0.15, 0.2) is 17.8 Å². The van der Waals surface area contributed by atoms with E-state index in [9.17, 15) is 9.90 Å². The van der Waals surface area contributed by atoms with E-state index in [0.717, 1.165) is 65.0 Å². The lowest BCUT2D eigenvalue weighted by molar-refractivity contribution is 0.112. The van der Waals surface area contributed by atoms with E-state index in [0.29, 0.717) is 23.5 Å². The number of phenolic OH excluding ortho intramolecular Hbond substituents is 1. The number of aromatic nitrogens is 4. The number of rotatable bonds is 8. The Kier molecular flexibility index (Phi) is 6.89. The zero-order valence-corrected chi connectivity index (χ0v) is 23.4. The van der Waals surface area contributed by atoms with Crippen LogP contribution in [0.4, 0.5) is 5.82 Å². The van der Waals surface area contributed by atoms with Gasteiger partial charge in [-0.1, -0.05) is 42.5 Å². The van der Waals surface area contributed by atoms with Gasteiger partial charge in [0.05, 0.1) is 16.8 Å². The van der Waals surface area contributed by atoms with Crippen molar-refractivity contribution >= 4 is 23.3 Å². The molecule has 212 valence electrons. The lowest BCUT2D eigenvalue weighted by atomic mass is 10.1. The zero-order valence-electron chi connectivity index (χ0n) is 23.4. The van der Waals surface area contributed by atoms with E-state index in [1.807, 2.05) is 48.5 Å². The normalized spacial score (nSPS) is 14.2. The maximum atomic E-state index is 11.0. The second-order valence-electron chi connectivity index (χ2n) is 10.8. The molecule has 0 fully saturated rings. The molecule has 3 heterocycles. The average molecular weight is 567 g/mol. The number of hydrogen-bond donors (Lipinski definition) is 3. The van der Waals surface area contributed by atoms with Crippen LogP contribution in [0.5, 0.6) is 5.75 Å². The number of aryl methyl sites for hydroxylation is 1. The molecule has 3 aromatic carbocycles. The van der Waals surface area contributed by atoms with E-state index in [1.165, 1.54) is 11.1 Å². The van der Waals surface area contributed by atoms with Crippen molar-refractivity contribution in [3.63, 3.8) is 0 Å². The summed E-state index contributed by atoms with van der Waals surface area (Å²) in [4.78, 5) is 25.4.